The summed E-state index contributed by atoms with van der Waals surface area (Å²) in [6.45, 7) is -0.366. The quantitative estimate of drug-likeness (QED) is 0.611. The molecular formula is C18H16ClF3N2O5S. The first-order valence-electron chi connectivity index (χ1n) is 8.28. The Balaban J connectivity index is 1.99. The van der Waals surface area contributed by atoms with E-state index in [0.29, 0.717) is 11.8 Å². The van der Waals surface area contributed by atoms with Crippen LogP contribution in [0.25, 0.3) is 0 Å². The number of anilines is 1. The molecule has 0 heterocycles. The zero-order valence-corrected chi connectivity index (χ0v) is 17.0. The van der Waals surface area contributed by atoms with Crippen LogP contribution in [-0.4, -0.2) is 33.9 Å². The number of sulfonamides is 1. The van der Waals surface area contributed by atoms with E-state index in [9.17, 15) is 31.2 Å². The molecule has 162 valence electrons. The first-order chi connectivity index (χ1) is 13.9. The maximum Gasteiger partial charge on any atom is 0.417 e. The molecule has 0 aliphatic carbocycles. The van der Waals surface area contributed by atoms with E-state index < -0.39 is 43.6 Å². The summed E-state index contributed by atoms with van der Waals surface area (Å²) in [6.07, 6.45) is -5.12. The minimum absolute atomic E-state index is 0.208. The third-order valence-corrected chi connectivity index (χ3v) is 5.55. The fourth-order valence-electron chi connectivity index (χ4n) is 2.34. The summed E-state index contributed by atoms with van der Waals surface area (Å²) >= 11 is 5.48. The molecule has 2 aromatic rings. The number of benzene rings is 2. The van der Waals surface area contributed by atoms with Gasteiger partial charge in [0.2, 0.25) is 15.9 Å². The lowest BCUT2D eigenvalue weighted by molar-refractivity contribution is -0.137. The molecule has 0 aliphatic heterocycles. The first kappa shape index (κ1) is 23.6. The Bertz CT molecular complexity index is 1060. The van der Waals surface area contributed by atoms with Crippen LogP contribution in [0.1, 0.15) is 22.3 Å². The van der Waals surface area contributed by atoms with Crippen molar-refractivity contribution in [3.8, 4) is 0 Å². The van der Waals surface area contributed by atoms with E-state index in [2.05, 4.69) is 14.8 Å². The largest absolute Gasteiger partial charge is 0.465 e. The number of hydrogen-bond donors (Lipinski definition) is 2. The first-order valence-corrected chi connectivity index (χ1v) is 10.1. The van der Waals surface area contributed by atoms with E-state index in [-0.39, 0.29) is 18.5 Å². The highest BCUT2D eigenvalue weighted by Crippen LogP contribution is 2.35. The van der Waals surface area contributed by atoms with E-state index in [4.69, 9.17) is 11.6 Å². The standard InChI is InChI=1S/C18H16ClF3N2O5S/c1-29-17(26)11-3-2-4-12(9-11)24-16(25)7-8-23-30(27,28)13-5-6-15(19)14(10-13)18(20,21)22/h2-6,9-10,23H,7-8H2,1H3,(H,24,25). The SMILES string of the molecule is COC(=O)c1cccc(NC(=O)CCNS(=O)(=O)c2ccc(Cl)c(C(F)(F)F)c2)c1. The van der Waals surface area contributed by atoms with Gasteiger partial charge >= 0.3 is 12.1 Å². The lowest BCUT2D eigenvalue weighted by Crippen LogP contribution is -2.28. The molecule has 0 aliphatic rings. The van der Waals surface area contributed by atoms with Gasteiger partial charge < -0.3 is 10.1 Å². The van der Waals surface area contributed by atoms with Crippen LogP contribution in [0.15, 0.2) is 47.4 Å². The number of halogens is 4. The average Bonchev–Trinajstić information content (AvgIpc) is 2.66. The fourth-order valence-corrected chi connectivity index (χ4v) is 3.62. The van der Waals surface area contributed by atoms with Crippen molar-refractivity contribution in [2.45, 2.75) is 17.5 Å². The zero-order chi connectivity index (χ0) is 22.5. The number of carbonyl (C=O) groups excluding carboxylic acids is 2. The average molecular weight is 465 g/mol. The van der Waals surface area contributed by atoms with Crippen molar-refractivity contribution in [2.75, 3.05) is 19.0 Å². The van der Waals surface area contributed by atoms with Gasteiger partial charge in [0.25, 0.3) is 0 Å². The molecule has 2 rings (SSSR count). The van der Waals surface area contributed by atoms with Crippen molar-refractivity contribution >= 4 is 39.2 Å². The highest BCUT2D eigenvalue weighted by molar-refractivity contribution is 7.89. The van der Waals surface area contributed by atoms with Gasteiger partial charge in [-0.15, -0.1) is 0 Å². The topological polar surface area (TPSA) is 102 Å². The Labute approximate surface area is 175 Å². The Morgan fingerprint density at radius 1 is 1.13 bits per heavy atom. The van der Waals surface area contributed by atoms with Crippen LogP contribution in [0.2, 0.25) is 5.02 Å². The number of amides is 1. The molecule has 2 N–H and O–H groups in total. The lowest BCUT2D eigenvalue weighted by atomic mass is 10.2. The summed E-state index contributed by atoms with van der Waals surface area (Å²) < 4.78 is 69.8. The minimum Gasteiger partial charge on any atom is -0.465 e. The number of methoxy groups -OCH3 is 1. The van der Waals surface area contributed by atoms with Gasteiger partial charge in [-0.1, -0.05) is 17.7 Å². The van der Waals surface area contributed by atoms with Crippen LogP contribution >= 0.6 is 11.6 Å². The molecule has 0 saturated carbocycles. The smallest absolute Gasteiger partial charge is 0.417 e. The van der Waals surface area contributed by atoms with Crippen molar-refractivity contribution in [1.29, 1.82) is 0 Å². The van der Waals surface area contributed by atoms with Crippen LogP contribution in [0, 0.1) is 0 Å². The molecule has 0 spiro atoms. The molecular weight excluding hydrogens is 449 g/mol. The molecule has 12 heteroatoms. The Morgan fingerprint density at radius 2 is 1.83 bits per heavy atom. The summed E-state index contributed by atoms with van der Waals surface area (Å²) in [4.78, 5) is 22.8. The molecule has 0 bridgehead atoms. The molecule has 1 amide bonds. The summed E-state index contributed by atoms with van der Waals surface area (Å²) in [6, 6.07) is 8.07. The van der Waals surface area contributed by atoms with Gasteiger partial charge in [0.15, 0.2) is 0 Å². The Kier molecular flexibility index (Phi) is 7.45. The number of rotatable bonds is 7. The van der Waals surface area contributed by atoms with E-state index in [1.807, 2.05) is 0 Å². The number of ether oxygens (including phenoxy) is 1. The third-order valence-electron chi connectivity index (χ3n) is 3.77. The molecule has 0 atom stereocenters. The van der Waals surface area contributed by atoms with Crippen LogP contribution in [0.3, 0.4) is 0 Å². The van der Waals surface area contributed by atoms with Gasteiger partial charge in [-0.3, -0.25) is 4.79 Å². The van der Waals surface area contributed by atoms with Crippen molar-refractivity contribution in [2.24, 2.45) is 0 Å². The highest BCUT2D eigenvalue weighted by atomic mass is 35.5. The maximum atomic E-state index is 12.9. The van der Waals surface area contributed by atoms with Gasteiger partial charge in [-0.2, -0.15) is 13.2 Å². The van der Waals surface area contributed by atoms with E-state index in [0.717, 1.165) is 12.1 Å². The molecule has 7 nitrogen and oxygen atoms in total. The second-order valence-electron chi connectivity index (χ2n) is 5.91. The molecule has 0 fully saturated rings. The van der Waals surface area contributed by atoms with Crippen LogP contribution in [-0.2, 0) is 25.7 Å². The van der Waals surface area contributed by atoms with Crippen molar-refractivity contribution in [3.05, 3.63) is 58.6 Å². The van der Waals surface area contributed by atoms with E-state index >= 15 is 0 Å². The van der Waals surface area contributed by atoms with Crippen molar-refractivity contribution in [1.82, 2.24) is 4.72 Å². The number of esters is 1. The molecule has 0 radical (unpaired) electrons. The number of nitrogens with one attached hydrogen (secondary N) is 2. The predicted octanol–water partition coefficient (Wildman–Crippen LogP) is 3.45. The van der Waals surface area contributed by atoms with Gasteiger partial charge in [0.05, 0.1) is 28.2 Å². The predicted molar refractivity (Wildman–Crippen MR) is 103 cm³/mol. The van der Waals surface area contributed by atoms with E-state index in [1.165, 1.54) is 31.4 Å². The minimum atomic E-state index is -4.82. The number of hydrogen-bond acceptors (Lipinski definition) is 5. The van der Waals surface area contributed by atoms with Gasteiger partial charge in [-0.05, 0) is 36.4 Å². The second kappa shape index (κ2) is 9.45. The van der Waals surface area contributed by atoms with Crippen LogP contribution in [0.4, 0.5) is 18.9 Å². The van der Waals surface area contributed by atoms with Gasteiger partial charge in [-0.25, -0.2) is 17.9 Å². The van der Waals surface area contributed by atoms with E-state index in [1.54, 1.807) is 0 Å². The van der Waals surface area contributed by atoms with Crippen molar-refractivity contribution < 1.29 is 35.9 Å². The molecule has 0 saturated heterocycles. The fraction of sp³-hybridized carbons (Fsp3) is 0.222. The maximum absolute atomic E-state index is 12.9. The Morgan fingerprint density at radius 3 is 2.47 bits per heavy atom. The molecule has 30 heavy (non-hydrogen) atoms. The summed E-state index contributed by atoms with van der Waals surface area (Å²) in [5.41, 5.74) is -0.784. The van der Waals surface area contributed by atoms with Crippen LogP contribution < -0.4 is 10.0 Å². The zero-order valence-electron chi connectivity index (χ0n) is 15.4. The van der Waals surface area contributed by atoms with Crippen molar-refractivity contribution in [3.63, 3.8) is 0 Å². The lowest BCUT2D eigenvalue weighted by Gasteiger charge is -2.12. The molecule has 0 unspecified atom stereocenters. The summed E-state index contributed by atoms with van der Waals surface area (Å²) in [7, 11) is -3.09. The molecule has 2 aromatic carbocycles. The Hall–Kier alpha value is -2.63. The molecule has 0 aromatic heterocycles. The van der Waals surface area contributed by atoms with Gasteiger partial charge in [0.1, 0.15) is 0 Å². The number of alkyl halides is 3. The summed E-state index contributed by atoms with van der Waals surface area (Å²) in [5.74, 6) is -1.17. The number of carbonyl (C=O) groups is 2. The van der Waals surface area contributed by atoms with Crippen LogP contribution in [0.5, 0.6) is 0 Å². The summed E-state index contributed by atoms with van der Waals surface area (Å²) in [5, 5.41) is 1.85. The monoisotopic (exact) mass is 464 g/mol. The second-order valence-corrected chi connectivity index (χ2v) is 8.08. The normalized spacial score (nSPS) is 11.8. The van der Waals surface area contributed by atoms with Gasteiger partial charge in [0, 0.05) is 18.7 Å². The third kappa shape index (κ3) is 6.18. The highest BCUT2D eigenvalue weighted by Gasteiger charge is 2.34.